The molecule has 2 aliphatic rings. The zero-order valence-electron chi connectivity index (χ0n) is 33.3. The van der Waals surface area contributed by atoms with E-state index in [1.807, 2.05) is 45.8 Å². The highest BCUT2D eigenvalue weighted by atomic mass is 16.5. The highest BCUT2D eigenvalue weighted by Gasteiger charge is 2.39. The predicted molar refractivity (Wildman–Crippen MR) is 212 cm³/mol. The lowest BCUT2D eigenvalue weighted by Gasteiger charge is -2.33. The highest BCUT2D eigenvalue weighted by Crippen LogP contribution is 2.38. The second-order valence-corrected chi connectivity index (χ2v) is 15.5. The molecule has 4 amide bonds. The van der Waals surface area contributed by atoms with Crippen molar-refractivity contribution in [1.29, 1.82) is 0 Å². The van der Waals surface area contributed by atoms with Crippen LogP contribution in [-0.4, -0.2) is 99.7 Å². The number of aromatic amines is 2. The van der Waals surface area contributed by atoms with Gasteiger partial charge in [-0.15, -0.1) is 0 Å². The van der Waals surface area contributed by atoms with Crippen molar-refractivity contribution in [1.82, 2.24) is 40.4 Å². The summed E-state index contributed by atoms with van der Waals surface area (Å²) in [4.78, 5) is 70.9. The molecule has 4 aromatic rings. The number of ether oxygens (including phenoxy) is 2. The lowest BCUT2D eigenvalue weighted by molar-refractivity contribution is -0.136. The van der Waals surface area contributed by atoms with Gasteiger partial charge in [-0.1, -0.05) is 82.6 Å². The monoisotopic (exact) mass is 766 g/mol. The van der Waals surface area contributed by atoms with Crippen molar-refractivity contribution in [2.75, 3.05) is 27.8 Å². The molecule has 0 bridgehead atoms. The molecule has 2 aromatic carbocycles. The first-order chi connectivity index (χ1) is 26.9. The van der Waals surface area contributed by atoms with Crippen molar-refractivity contribution in [3.63, 3.8) is 0 Å². The largest absolute Gasteiger partial charge is 0.453 e. The molecule has 1 aliphatic heterocycles. The van der Waals surface area contributed by atoms with E-state index in [1.165, 1.54) is 14.2 Å². The van der Waals surface area contributed by atoms with Gasteiger partial charge in [0, 0.05) is 25.6 Å². The molecule has 1 aliphatic carbocycles. The third kappa shape index (κ3) is 8.58. The van der Waals surface area contributed by atoms with Crippen LogP contribution in [0.1, 0.15) is 83.4 Å². The van der Waals surface area contributed by atoms with E-state index in [9.17, 15) is 19.2 Å². The van der Waals surface area contributed by atoms with Crippen LogP contribution < -0.4 is 10.6 Å². The van der Waals surface area contributed by atoms with Gasteiger partial charge in [0.1, 0.15) is 23.7 Å². The number of benzene rings is 2. The van der Waals surface area contributed by atoms with E-state index >= 15 is 0 Å². The van der Waals surface area contributed by atoms with Crippen LogP contribution in [0.4, 0.5) is 9.59 Å². The summed E-state index contributed by atoms with van der Waals surface area (Å²) in [7, 11) is 4.40. The van der Waals surface area contributed by atoms with Crippen molar-refractivity contribution >= 4 is 24.0 Å². The van der Waals surface area contributed by atoms with Crippen molar-refractivity contribution in [3.05, 3.63) is 72.6 Å². The van der Waals surface area contributed by atoms with Gasteiger partial charge in [-0.25, -0.2) is 19.6 Å². The van der Waals surface area contributed by atoms with Crippen LogP contribution in [0.3, 0.4) is 0 Å². The summed E-state index contributed by atoms with van der Waals surface area (Å²) in [6, 6.07) is 15.0. The number of carbonyl (C=O) groups is 4. The van der Waals surface area contributed by atoms with Crippen molar-refractivity contribution in [2.45, 2.75) is 89.9 Å². The fourth-order valence-electron chi connectivity index (χ4n) is 8.01. The molecule has 2 aromatic heterocycles. The number of nitrogens with one attached hydrogen (secondary N) is 4. The van der Waals surface area contributed by atoms with Gasteiger partial charge in [0.25, 0.3) is 0 Å². The Balaban J connectivity index is 1.10. The minimum absolute atomic E-state index is 0.0400. The third-order valence-corrected chi connectivity index (χ3v) is 11.2. The van der Waals surface area contributed by atoms with Gasteiger partial charge in [-0.3, -0.25) is 9.59 Å². The number of hydrogen-bond donors (Lipinski definition) is 4. The molecule has 1 saturated carbocycles. The first-order valence-electron chi connectivity index (χ1n) is 19.5. The molecule has 0 radical (unpaired) electrons. The molecule has 5 atom stereocenters. The maximum atomic E-state index is 13.5. The van der Waals surface area contributed by atoms with Crippen LogP contribution in [0, 0.1) is 11.8 Å². The first-order valence-corrected chi connectivity index (χ1v) is 19.5. The van der Waals surface area contributed by atoms with Gasteiger partial charge in [-0.05, 0) is 59.8 Å². The second kappa shape index (κ2) is 17.4. The minimum Gasteiger partial charge on any atom is -0.453 e. The van der Waals surface area contributed by atoms with Crippen LogP contribution in [0.15, 0.2) is 60.9 Å². The maximum absolute atomic E-state index is 13.5. The Labute approximate surface area is 328 Å². The lowest BCUT2D eigenvalue weighted by atomic mass is 9.98. The van der Waals surface area contributed by atoms with Crippen LogP contribution in [-0.2, 0) is 19.1 Å². The Bertz CT molecular complexity index is 1990. The molecule has 14 nitrogen and oxygen atoms in total. The molecule has 298 valence electrons. The lowest BCUT2D eigenvalue weighted by Crippen LogP contribution is -2.53. The normalized spacial score (nSPS) is 19.2. The van der Waals surface area contributed by atoms with E-state index < -0.39 is 24.3 Å². The summed E-state index contributed by atoms with van der Waals surface area (Å²) < 4.78 is 9.52. The molecule has 14 heteroatoms. The minimum atomic E-state index is -0.686. The molecule has 0 unspecified atom stereocenters. The number of aromatic nitrogens is 4. The first kappa shape index (κ1) is 40.0. The number of imidazole rings is 2. The van der Waals surface area contributed by atoms with E-state index in [2.05, 4.69) is 74.1 Å². The van der Waals surface area contributed by atoms with Gasteiger partial charge < -0.3 is 39.9 Å². The van der Waals surface area contributed by atoms with Crippen LogP contribution in [0.5, 0.6) is 0 Å². The third-order valence-electron chi connectivity index (χ3n) is 11.2. The number of likely N-dealkylation sites (tertiary alicyclic amines) is 1. The average Bonchev–Trinajstić information content (AvgIpc) is 4.05. The van der Waals surface area contributed by atoms with E-state index in [0.717, 1.165) is 77.4 Å². The summed E-state index contributed by atoms with van der Waals surface area (Å²) in [5.41, 5.74) is 5.90. The van der Waals surface area contributed by atoms with Gasteiger partial charge >= 0.3 is 12.2 Å². The SMILES string of the molecule is COC(=O)N[C@H](C(=O)N(C)[C@H]1CCC[C@H]1c1ncc(-c2ccc(-c3ccc(-c4cnc([C@@H]5CCCN5C(=O)[C@@H](NC(=O)OC)C(C)C)[nH]4)cc3)cc2)[nH]1)C(C)C. The second-order valence-electron chi connectivity index (χ2n) is 15.5. The molecular formula is C42H54N8O6. The van der Waals surface area contributed by atoms with Gasteiger partial charge in [0.05, 0.1) is 44.0 Å². The number of methoxy groups -OCH3 is 2. The van der Waals surface area contributed by atoms with Gasteiger partial charge in [0.2, 0.25) is 11.8 Å². The Morgan fingerprint density at radius 3 is 1.75 bits per heavy atom. The molecule has 2 fully saturated rings. The molecule has 3 heterocycles. The number of carbonyl (C=O) groups excluding carboxylic acids is 4. The number of amides is 4. The van der Waals surface area contributed by atoms with Crippen LogP contribution in [0.25, 0.3) is 33.6 Å². The average molecular weight is 767 g/mol. The number of rotatable bonds is 12. The quantitative estimate of drug-likeness (QED) is 0.124. The topological polar surface area (TPSA) is 175 Å². The smallest absolute Gasteiger partial charge is 0.407 e. The van der Waals surface area contributed by atoms with E-state index in [1.54, 1.807) is 11.1 Å². The summed E-state index contributed by atoms with van der Waals surface area (Å²) in [6.45, 7) is 8.21. The number of alkyl carbamates (subject to hydrolysis) is 2. The molecule has 56 heavy (non-hydrogen) atoms. The van der Waals surface area contributed by atoms with Crippen LogP contribution in [0.2, 0.25) is 0 Å². The molecule has 4 N–H and O–H groups in total. The van der Waals surface area contributed by atoms with Crippen molar-refractivity contribution in [2.24, 2.45) is 11.8 Å². The van der Waals surface area contributed by atoms with Gasteiger partial charge in [0.15, 0.2) is 0 Å². The number of likely N-dealkylation sites (N-methyl/N-ethyl adjacent to an activating group) is 1. The fraction of sp³-hybridized carbons (Fsp3) is 0.476. The molecule has 1 saturated heterocycles. The highest BCUT2D eigenvalue weighted by molar-refractivity contribution is 5.87. The predicted octanol–water partition coefficient (Wildman–Crippen LogP) is 6.65. The Morgan fingerprint density at radius 2 is 1.21 bits per heavy atom. The number of H-pyrrole nitrogens is 2. The summed E-state index contributed by atoms with van der Waals surface area (Å²) in [5, 5.41) is 5.40. The van der Waals surface area contributed by atoms with Crippen molar-refractivity contribution < 1.29 is 28.7 Å². The van der Waals surface area contributed by atoms with E-state index in [0.29, 0.717) is 6.54 Å². The Hall–Kier alpha value is -5.66. The fourth-order valence-corrected chi connectivity index (χ4v) is 8.01. The standard InChI is InChI=1S/C42H54N8O6/c1-24(2)35(47-41(53)55-6)39(51)49(5)33-11-8-10-30(33)37-43-22-31(45-37)28-17-13-26(14-18-28)27-15-19-29(20-16-27)32-23-44-38(46-32)34-12-9-21-50(34)40(52)36(25(3)4)48-42(54)56-7/h13-20,22-25,30,33-36H,8-12,21H2,1-7H3,(H,43,45)(H,44,46)(H,47,53)(H,48,54)/t30-,33+,34+,35+,36+/m1/s1. The molecular weight excluding hydrogens is 713 g/mol. The molecule has 6 rings (SSSR count). The number of nitrogens with zero attached hydrogens (tertiary/aromatic N) is 4. The zero-order chi connectivity index (χ0) is 40.1. The summed E-state index contributed by atoms with van der Waals surface area (Å²) in [5.74, 6) is 1.16. The maximum Gasteiger partial charge on any atom is 0.407 e. The molecule has 0 spiro atoms. The van der Waals surface area contributed by atoms with E-state index in [-0.39, 0.29) is 41.7 Å². The summed E-state index contributed by atoms with van der Waals surface area (Å²) in [6.07, 6.45) is 6.80. The Morgan fingerprint density at radius 1 is 0.714 bits per heavy atom. The van der Waals surface area contributed by atoms with Gasteiger partial charge in [-0.2, -0.15) is 0 Å². The number of hydrogen-bond acceptors (Lipinski definition) is 8. The van der Waals surface area contributed by atoms with Crippen LogP contribution >= 0.6 is 0 Å². The van der Waals surface area contributed by atoms with Crippen molar-refractivity contribution in [3.8, 4) is 33.6 Å². The Kier molecular flexibility index (Phi) is 12.5. The zero-order valence-corrected chi connectivity index (χ0v) is 33.3. The summed E-state index contributed by atoms with van der Waals surface area (Å²) >= 11 is 0. The van der Waals surface area contributed by atoms with E-state index in [4.69, 9.17) is 14.5 Å².